The van der Waals surface area contributed by atoms with Crippen molar-refractivity contribution in [3.63, 3.8) is 0 Å². The maximum Gasteiger partial charge on any atom is 0.142 e. The number of fused-ring (bicyclic) bond motifs is 1. The van der Waals surface area contributed by atoms with Gasteiger partial charge < -0.3 is 10.1 Å². The number of benzene rings is 2. The van der Waals surface area contributed by atoms with Gasteiger partial charge in [0.15, 0.2) is 0 Å². The number of methoxy groups -OCH3 is 1. The van der Waals surface area contributed by atoms with Crippen molar-refractivity contribution in [3.05, 3.63) is 59.2 Å². The Morgan fingerprint density at radius 1 is 1.05 bits per heavy atom. The van der Waals surface area contributed by atoms with Gasteiger partial charge in [0.05, 0.1) is 18.3 Å². The molecule has 0 aliphatic rings. The quantitative estimate of drug-likeness (QED) is 0.743. The Morgan fingerprint density at radius 3 is 2.67 bits per heavy atom. The minimum absolute atomic E-state index is 0.691. The number of para-hydroxylation sites is 2. The van der Waals surface area contributed by atoms with E-state index in [0.717, 1.165) is 33.7 Å². The number of ether oxygens (including phenoxy) is 1. The van der Waals surface area contributed by atoms with Crippen molar-refractivity contribution >= 4 is 33.9 Å². The molecule has 0 radical (unpaired) electrons. The third-order valence-corrected chi connectivity index (χ3v) is 3.51. The molecule has 3 nitrogen and oxygen atoms in total. The number of pyridine rings is 1. The second-order valence-electron chi connectivity index (χ2n) is 4.80. The van der Waals surface area contributed by atoms with Crippen molar-refractivity contribution in [2.75, 3.05) is 12.4 Å². The summed E-state index contributed by atoms with van der Waals surface area (Å²) in [5, 5.41) is 5.09. The molecule has 0 aliphatic carbocycles. The fourth-order valence-electron chi connectivity index (χ4n) is 2.33. The molecule has 0 atom stereocenters. The summed E-state index contributed by atoms with van der Waals surface area (Å²) in [5.41, 5.74) is 3.73. The van der Waals surface area contributed by atoms with Crippen LogP contribution in [0.1, 0.15) is 5.69 Å². The highest BCUT2D eigenvalue weighted by Crippen LogP contribution is 2.32. The van der Waals surface area contributed by atoms with Crippen LogP contribution in [0.25, 0.3) is 10.9 Å². The Morgan fingerprint density at radius 2 is 1.86 bits per heavy atom. The van der Waals surface area contributed by atoms with Crippen molar-refractivity contribution in [2.45, 2.75) is 6.92 Å². The van der Waals surface area contributed by atoms with Crippen LogP contribution >= 0.6 is 11.6 Å². The largest absolute Gasteiger partial charge is 0.495 e. The van der Waals surface area contributed by atoms with Gasteiger partial charge in [0.25, 0.3) is 0 Å². The van der Waals surface area contributed by atoms with Crippen molar-refractivity contribution < 1.29 is 4.74 Å². The van der Waals surface area contributed by atoms with E-state index in [-0.39, 0.29) is 0 Å². The lowest BCUT2D eigenvalue weighted by Crippen LogP contribution is -1.97. The van der Waals surface area contributed by atoms with E-state index in [4.69, 9.17) is 16.3 Å². The van der Waals surface area contributed by atoms with Gasteiger partial charge in [-0.25, -0.2) is 0 Å². The zero-order valence-corrected chi connectivity index (χ0v) is 12.6. The summed E-state index contributed by atoms with van der Waals surface area (Å²) < 4.78 is 5.38. The Kier molecular flexibility index (Phi) is 3.67. The minimum Gasteiger partial charge on any atom is -0.495 e. The lowest BCUT2D eigenvalue weighted by Gasteiger charge is -2.13. The zero-order chi connectivity index (χ0) is 14.8. The Hall–Kier alpha value is -2.26. The number of nitrogens with one attached hydrogen (secondary N) is 1. The summed E-state index contributed by atoms with van der Waals surface area (Å²) in [4.78, 5) is 4.53. The number of aryl methyl sites for hydroxylation is 1. The van der Waals surface area contributed by atoms with Crippen molar-refractivity contribution in [1.29, 1.82) is 0 Å². The highest BCUT2D eigenvalue weighted by Gasteiger charge is 2.08. The van der Waals surface area contributed by atoms with E-state index in [0.29, 0.717) is 5.02 Å². The summed E-state index contributed by atoms with van der Waals surface area (Å²) in [5.74, 6) is 0.794. The number of hydrogen-bond donors (Lipinski definition) is 1. The third-order valence-electron chi connectivity index (χ3n) is 3.28. The van der Waals surface area contributed by atoms with E-state index in [1.54, 1.807) is 7.11 Å². The van der Waals surface area contributed by atoms with Crippen molar-refractivity contribution in [2.24, 2.45) is 0 Å². The molecule has 2 aromatic carbocycles. The van der Waals surface area contributed by atoms with E-state index in [9.17, 15) is 0 Å². The number of nitrogens with zero attached hydrogens (tertiary/aromatic N) is 1. The SMILES string of the molecule is COc1ccccc1Nc1cc(C)nc2ccc(Cl)cc12. The molecule has 0 amide bonds. The Balaban J connectivity index is 2.13. The first-order valence-electron chi connectivity index (χ1n) is 6.64. The minimum atomic E-state index is 0.691. The van der Waals surface area contributed by atoms with Crippen LogP contribution in [0.5, 0.6) is 5.75 Å². The fraction of sp³-hybridized carbons (Fsp3) is 0.118. The first-order chi connectivity index (χ1) is 10.2. The van der Waals surface area contributed by atoms with Crippen LogP contribution in [0, 0.1) is 6.92 Å². The summed E-state index contributed by atoms with van der Waals surface area (Å²) in [6.45, 7) is 1.97. The van der Waals surface area contributed by atoms with Gasteiger partial charge in [-0.15, -0.1) is 0 Å². The summed E-state index contributed by atoms with van der Waals surface area (Å²) in [6.07, 6.45) is 0. The first-order valence-corrected chi connectivity index (χ1v) is 7.02. The fourth-order valence-corrected chi connectivity index (χ4v) is 2.50. The molecule has 0 saturated carbocycles. The van der Waals surface area contributed by atoms with Crippen LogP contribution in [-0.2, 0) is 0 Å². The average molecular weight is 299 g/mol. The van der Waals surface area contributed by atoms with Gasteiger partial charge >= 0.3 is 0 Å². The molecule has 0 fully saturated rings. The highest BCUT2D eigenvalue weighted by atomic mass is 35.5. The number of aromatic nitrogens is 1. The van der Waals surface area contributed by atoms with Gasteiger partial charge in [-0.3, -0.25) is 4.98 Å². The Bertz CT molecular complexity index is 802. The molecule has 106 valence electrons. The maximum absolute atomic E-state index is 6.11. The zero-order valence-electron chi connectivity index (χ0n) is 11.9. The van der Waals surface area contributed by atoms with E-state index >= 15 is 0 Å². The van der Waals surface area contributed by atoms with E-state index in [1.165, 1.54) is 0 Å². The summed E-state index contributed by atoms with van der Waals surface area (Å²) in [7, 11) is 1.66. The van der Waals surface area contributed by atoms with Gasteiger partial charge in [-0.1, -0.05) is 23.7 Å². The summed E-state index contributed by atoms with van der Waals surface area (Å²) >= 11 is 6.11. The van der Waals surface area contributed by atoms with E-state index < -0.39 is 0 Å². The monoisotopic (exact) mass is 298 g/mol. The van der Waals surface area contributed by atoms with Crippen LogP contribution < -0.4 is 10.1 Å². The topological polar surface area (TPSA) is 34.1 Å². The first kappa shape index (κ1) is 13.7. The summed E-state index contributed by atoms with van der Waals surface area (Å²) in [6, 6.07) is 15.5. The molecule has 1 aromatic heterocycles. The van der Waals surface area contributed by atoms with Crippen molar-refractivity contribution in [1.82, 2.24) is 4.98 Å². The predicted octanol–water partition coefficient (Wildman–Crippen LogP) is 4.95. The smallest absolute Gasteiger partial charge is 0.142 e. The second-order valence-corrected chi connectivity index (χ2v) is 5.23. The van der Waals surface area contributed by atoms with Gasteiger partial charge in [-0.05, 0) is 43.3 Å². The molecule has 0 saturated heterocycles. The van der Waals surface area contributed by atoms with Crippen molar-refractivity contribution in [3.8, 4) is 5.75 Å². The van der Waals surface area contributed by atoms with Gasteiger partial charge in [0, 0.05) is 21.8 Å². The van der Waals surface area contributed by atoms with Crippen LogP contribution in [0.4, 0.5) is 11.4 Å². The number of halogens is 1. The van der Waals surface area contributed by atoms with E-state index in [1.807, 2.05) is 55.5 Å². The molecule has 3 aromatic rings. The number of anilines is 2. The van der Waals surface area contributed by atoms with Gasteiger partial charge in [-0.2, -0.15) is 0 Å². The molecular formula is C17H15ClN2O. The number of rotatable bonds is 3. The molecule has 21 heavy (non-hydrogen) atoms. The molecule has 0 aliphatic heterocycles. The van der Waals surface area contributed by atoms with Gasteiger partial charge in [0.2, 0.25) is 0 Å². The molecule has 1 N–H and O–H groups in total. The lowest BCUT2D eigenvalue weighted by atomic mass is 10.1. The third kappa shape index (κ3) is 2.78. The standard InChI is InChI=1S/C17H15ClN2O/c1-11-9-16(13-10-12(18)7-8-14(13)19-11)20-15-5-3-4-6-17(15)21-2/h3-10H,1-2H3,(H,19,20). The van der Waals surface area contributed by atoms with Gasteiger partial charge in [0.1, 0.15) is 5.75 Å². The molecular weight excluding hydrogens is 284 g/mol. The normalized spacial score (nSPS) is 10.6. The van der Waals surface area contributed by atoms with Crippen LogP contribution in [0.15, 0.2) is 48.5 Å². The molecule has 0 bridgehead atoms. The molecule has 0 spiro atoms. The molecule has 3 rings (SSSR count). The van der Waals surface area contributed by atoms with Crippen LogP contribution in [0.3, 0.4) is 0 Å². The molecule has 4 heteroatoms. The Labute approximate surface area is 128 Å². The lowest BCUT2D eigenvalue weighted by molar-refractivity contribution is 0.417. The average Bonchev–Trinajstić information content (AvgIpc) is 2.48. The highest BCUT2D eigenvalue weighted by molar-refractivity contribution is 6.31. The van der Waals surface area contributed by atoms with Crippen LogP contribution in [0.2, 0.25) is 5.02 Å². The van der Waals surface area contributed by atoms with Crippen LogP contribution in [-0.4, -0.2) is 12.1 Å². The maximum atomic E-state index is 6.11. The molecule has 1 heterocycles. The number of hydrogen-bond acceptors (Lipinski definition) is 3. The van der Waals surface area contributed by atoms with E-state index in [2.05, 4.69) is 10.3 Å². The molecule has 0 unspecified atom stereocenters. The predicted molar refractivity (Wildman–Crippen MR) is 87.8 cm³/mol. The second kappa shape index (κ2) is 5.62.